The second-order valence-corrected chi connectivity index (χ2v) is 3.29. The van der Waals surface area contributed by atoms with Crippen LogP contribution in [0.1, 0.15) is 27.6 Å². The summed E-state index contributed by atoms with van der Waals surface area (Å²) in [6, 6.07) is 0.822. The van der Waals surface area contributed by atoms with Crippen molar-refractivity contribution in [3.63, 3.8) is 0 Å². The summed E-state index contributed by atoms with van der Waals surface area (Å²) in [6.07, 6.45) is 4.41. The van der Waals surface area contributed by atoms with Crippen LogP contribution in [0.5, 0.6) is 0 Å². The van der Waals surface area contributed by atoms with E-state index in [9.17, 15) is 0 Å². The number of hydrogen-bond acceptors (Lipinski definition) is 1. The fraction of sp³-hybridized carbons (Fsp3) is 1.00. The Morgan fingerprint density at radius 3 is 2.33 bits per heavy atom. The zero-order valence-electron chi connectivity index (χ0n) is 5.91. The molecule has 0 amide bonds. The van der Waals surface area contributed by atoms with Crippen molar-refractivity contribution in [2.75, 3.05) is 6.54 Å². The first-order chi connectivity index (χ1) is 3.83. The molecule has 1 aliphatic carbocycles. The van der Waals surface area contributed by atoms with Crippen LogP contribution in [0.3, 0.4) is 0 Å². The Hall–Kier alpha value is 0.310. The molecule has 9 heavy (non-hydrogen) atoms. The van der Waals surface area contributed by atoms with E-state index in [0.29, 0.717) is 0 Å². The molecule has 1 saturated carbocycles. The van der Waals surface area contributed by atoms with Crippen LogP contribution in [0.4, 0.5) is 0 Å². The topological polar surface area (TPSA) is 12.0 Å². The van der Waals surface area contributed by atoms with E-state index in [1.54, 1.807) is 0 Å². The van der Waals surface area contributed by atoms with E-state index < -0.39 is 0 Å². The minimum atomic E-state index is 0. The van der Waals surface area contributed by atoms with Crippen molar-refractivity contribution in [3.05, 3.63) is 0 Å². The summed E-state index contributed by atoms with van der Waals surface area (Å²) < 4.78 is 0. The molecule has 0 bridgehead atoms. The van der Waals surface area contributed by atoms with E-state index in [0.717, 1.165) is 11.5 Å². The average Bonchev–Trinajstić information content (AvgIpc) is 2.39. The molecule has 1 N–H and O–H groups in total. The normalized spacial score (nSPS) is 36.3. The molecule has 2 heteroatoms. The molecule has 56 valence electrons. The van der Waals surface area contributed by atoms with Crippen molar-refractivity contribution in [2.24, 2.45) is 5.41 Å². The number of rotatable bonds is 0. The fourth-order valence-corrected chi connectivity index (χ4v) is 1.81. The molecule has 2 aliphatic rings. The van der Waals surface area contributed by atoms with Crippen LogP contribution in [0.25, 0.3) is 0 Å². The average molecular weight is 147 g/mol. The first-order valence-electron chi connectivity index (χ1n) is 3.57. The SMILES string of the molecule is CC1NCCC12CC2.S.[HH]. The molecule has 1 unspecified atom stereocenters. The summed E-state index contributed by atoms with van der Waals surface area (Å²) in [6.45, 7) is 3.58. The molecule has 0 aromatic carbocycles. The van der Waals surface area contributed by atoms with Crippen molar-refractivity contribution >= 4 is 13.5 Å². The minimum Gasteiger partial charge on any atom is -0.314 e. The molecule has 1 saturated heterocycles. The highest BCUT2D eigenvalue weighted by atomic mass is 32.1. The van der Waals surface area contributed by atoms with Crippen LogP contribution in [0.15, 0.2) is 0 Å². The summed E-state index contributed by atoms with van der Waals surface area (Å²) in [7, 11) is 0. The molecule has 2 rings (SSSR count). The highest BCUT2D eigenvalue weighted by molar-refractivity contribution is 7.59. The van der Waals surface area contributed by atoms with E-state index in [1.165, 1.54) is 25.8 Å². The lowest BCUT2D eigenvalue weighted by atomic mass is 9.99. The van der Waals surface area contributed by atoms with Crippen LogP contribution in [-0.4, -0.2) is 12.6 Å². The van der Waals surface area contributed by atoms with E-state index in [1.807, 2.05) is 0 Å². The van der Waals surface area contributed by atoms with Gasteiger partial charge in [-0.25, -0.2) is 0 Å². The van der Waals surface area contributed by atoms with Crippen LogP contribution in [-0.2, 0) is 0 Å². The zero-order chi connectivity index (χ0) is 5.61. The molecule has 1 nitrogen and oxygen atoms in total. The summed E-state index contributed by atoms with van der Waals surface area (Å²) >= 11 is 0. The van der Waals surface area contributed by atoms with Crippen LogP contribution in [0, 0.1) is 5.41 Å². The molecule has 2 fully saturated rings. The van der Waals surface area contributed by atoms with Gasteiger partial charge in [0.25, 0.3) is 0 Å². The van der Waals surface area contributed by atoms with E-state index in [2.05, 4.69) is 12.2 Å². The molecule has 1 spiro atoms. The largest absolute Gasteiger partial charge is 0.314 e. The van der Waals surface area contributed by atoms with Gasteiger partial charge in [0.05, 0.1) is 0 Å². The smallest absolute Gasteiger partial charge is 0.00956 e. The third kappa shape index (κ3) is 0.987. The molecule has 0 aromatic heterocycles. The Bertz CT molecular complexity index is 114. The standard InChI is InChI=1S/C7H13N.H2S.H2/c1-6-7(2-3-7)4-5-8-6;;/h6,8H,2-5H2,1H3;1H2;1H. The zero-order valence-corrected chi connectivity index (χ0v) is 6.91. The number of nitrogens with one attached hydrogen (secondary N) is 1. The van der Waals surface area contributed by atoms with Gasteiger partial charge in [0.1, 0.15) is 0 Å². The maximum absolute atomic E-state index is 3.47. The van der Waals surface area contributed by atoms with Gasteiger partial charge in [0.15, 0.2) is 0 Å². The maximum atomic E-state index is 3.47. The highest BCUT2D eigenvalue weighted by Gasteiger charge is 2.49. The van der Waals surface area contributed by atoms with E-state index in [-0.39, 0.29) is 14.9 Å². The summed E-state index contributed by atoms with van der Waals surface area (Å²) in [5, 5.41) is 3.47. The highest BCUT2D eigenvalue weighted by Crippen LogP contribution is 2.53. The molecule has 1 heterocycles. The van der Waals surface area contributed by atoms with Crippen LogP contribution >= 0.6 is 13.5 Å². The fourth-order valence-electron chi connectivity index (χ4n) is 1.81. The Morgan fingerprint density at radius 2 is 2.11 bits per heavy atom. The Morgan fingerprint density at radius 1 is 1.44 bits per heavy atom. The molecule has 1 aliphatic heterocycles. The summed E-state index contributed by atoms with van der Waals surface area (Å²) in [5.41, 5.74) is 0.792. The van der Waals surface area contributed by atoms with Gasteiger partial charge >= 0.3 is 0 Å². The maximum Gasteiger partial charge on any atom is 0.00956 e. The van der Waals surface area contributed by atoms with Crippen molar-refractivity contribution < 1.29 is 1.43 Å². The third-order valence-electron chi connectivity index (χ3n) is 2.88. The predicted molar refractivity (Wildman–Crippen MR) is 46.2 cm³/mol. The van der Waals surface area contributed by atoms with E-state index >= 15 is 0 Å². The van der Waals surface area contributed by atoms with Gasteiger partial charge < -0.3 is 5.32 Å². The van der Waals surface area contributed by atoms with Gasteiger partial charge in [-0.1, -0.05) is 0 Å². The van der Waals surface area contributed by atoms with Crippen LogP contribution < -0.4 is 5.32 Å². The monoisotopic (exact) mass is 147 g/mol. The third-order valence-corrected chi connectivity index (χ3v) is 2.88. The molecule has 1 atom stereocenters. The first-order valence-corrected chi connectivity index (χ1v) is 3.57. The number of hydrogen-bond donors (Lipinski definition) is 1. The second-order valence-electron chi connectivity index (χ2n) is 3.29. The van der Waals surface area contributed by atoms with Gasteiger partial charge in [-0.2, -0.15) is 13.5 Å². The summed E-state index contributed by atoms with van der Waals surface area (Å²) in [4.78, 5) is 0. The van der Waals surface area contributed by atoms with Gasteiger partial charge in [0, 0.05) is 7.47 Å². The molecular formula is C7H17NS. The second kappa shape index (κ2) is 2.17. The lowest BCUT2D eigenvalue weighted by Crippen LogP contribution is -2.23. The van der Waals surface area contributed by atoms with Gasteiger partial charge in [-0.05, 0) is 38.1 Å². The lowest BCUT2D eigenvalue weighted by molar-refractivity contribution is 0.458. The molecule has 0 radical (unpaired) electrons. The Balaban J connectivity index is 0.000000405. The van der Waals surface area contributed by atoms with Crippen molar-refractivity contribution in [2.45, 2.75) is 32.2 Å². The molecule has 0 aromatic rings. The Labute approximate surface area is 65.1 Å². The predicted octanol–water partition coefficient (Wildman–Crippen LogP) is 1.51. The van der Waals surface area contributed by atoms with Gasteiger partial charge in [-0.15, -0.1) is 0 Å². The minimum absolute atomic E-state index is 0. The van der Waals surface area contributed by atoms with Crippen molar-refractivity contribution in [1.82, 2.24) is 5.32 Å². The molecular weight excluding hydrogens is 130 g/mol. The van der Waals surface area contributed by atoms with Crippen molar-refractivity contribution in [1.29, 1.82) is 0 Å². The Kier molecular flexibility index (Phi) is 1.79. The van der Waals surface area contributed by atoms with Gasteiger partial charge in [0.2, 0.25) is 0 Å². The summed E-state index contributed by atoms with van der Waals surface area (Å²) in [5.74, 6) is 0. The van der Waals surface area contributed by atoms with Gasteiger partial charge in [-0.3, -0.25) is 0 Å². The van der Waals surface area contributed by atoms with Crippen LogP contribution in [0.2, 0.25) is 0 Å². The first kappa shape index (κ1) is 7.42. The van der Waals surface area contributed by atoms with E-state index in [4.69, 9.17) is 0 Å². The van der Waals surface area contributed by atoms with Crippen molar-refractivity contribution in [3.8, 4) is 0 Å². The quantitative estimate of drug-likeness (QED) is 0.547. The lowest BCUT2D eigenvalue weighted by Gasteiger charge is -2.10.